The first-order chi connectivity index (χ1) is 8.75. The van der Waals surface area contributed by atoms with Crippen LogP contribution in [0.15, 0.2) is 24.3 Å². The average Bonchev–Trinajstić information content (AvgIpc) is 2.66. The summed E-state index contributed by atoms with van der Waals surface area (Å²) in [5.41, 5.74) is 2.38. The highest BCUT2D eigenvalue weighted by atomic mass is 16.4. The van der Waals surface area contributed by atoms with Gasteiger partial charge in [0, 0.05) is 25.2 Å². The topological polar surface area (TPSA) is 40.5 Å². The number of anilines is 1. The Balaban J connectivity index is 1.95. The van der Waals surface area contributed by atoms with Gasteiger partial charge in [-0.05, 0) is 37.0 Å². The molecule has 0 bridgehead atoms. The van der Waals surface area contributed by atoms with Crippen LogP contribution < -0.4 is 4.90 Å². The Labute approximate surface area is 108 Å². The van der Waals surface area contributed by atoms with E-state index in [0.29, 0.717) is 6.42 Å². The van der Waals surface area contributed by atoms with Crippen LogP contribution in [0, 0.1) is 0 Å². The first-order valence-electron chi connectivity index (χ1n) is 6.81. The molecular formula is C15H21NO2. The molecule has 1 saturated heterocycles. The van der Waals surface area contributed by atoms with Crippen LogP contribution in [0.2, 0.25) is 0 Å². The van der Waals surface area contributed by atoms with Gasteiger partial charge >= 0.3 is 5.97 Å². The van der Waals surface area contributed by atoms with E-state index in [4.69, 9.17) is 5.11 Å². The molecule has 2 rings (SSSR count). The third kappa shape index (κ3) is 3.76. The predicted octanol–water partition coefficient (Wildman–Crippen LogP) is 3.08. The van der Waals surface area contributed by atoms with E-state index in [-0.39, 0.29) is 6.42 Å². The summed E-state index contributed by atoms with van der Waals surface area (Å²) in [5, 5.41) is 8.66. The number of carbonyl (C=O) groups is 1. The van der Waals surface area contributed by atoms with E-state index in [1.54, 1.807) is 0 Å². The SMILES string of the molecule is O=C(O)CCc1ccc(N2CCCCCC2)cc1. The van der Waals surface area contributed by atoms with Gasteiger partial charge in [0.05, 0.1) is 0 Å². The lowest BCUT2D eigenvalue weighted by molar-refractivity contribution is -0.136. The van der Waals surface area contributed by atoms with Gasteiger partial charge in [-0.3, -0.25) is 4.79 Å². The van der Waals surface area contributed by atoms with E-state index < -0.39 is 5.97 Å². The second kappa shape index (κ2) is 6.43. The lowest BCUT2D eigenvalue weighted by Gasteiger charge is -2.22. The van der Waals surface area contributed by atoms with Gasteiger partial charge in [0.2, 0.25) is 0 Å². The van der Waals surface area contributed by atoms with Crippen molar-refractivity contribution in [3.63, 3.8) is 0 Å². The molecule has 0 saturated carbocycles. The van der Waals surface area contributed by atoms with Crippen molar-refractivity contribution >= 4 is 11.7 Å². The molecule has 0 aromatic heterocycles. The summed E-state index contributed by atoms with van der Waals surface area (Å²) in [7, 11) is 0. The number of aryl methyl sites for hydroxylation is 1. The molecule has 3 heteroatoms. The van der Waals surface area contributed by atoms with Gasteiger partial charge in [-0.2, -0.15) is 0 Å². The molecule has 0 radical (unpaired) electrons. The molecule has 1 aliphatic rings. The zero-order valence-electron chi connectivity index (χ0n) is 10.8. The van der Waals surface area contributed by atoms with Crippen LogP contribution in [0.3, 0.4) is 0 Å². The van der Waals surface area contributed by atoms with Crippen molar-refractivity contribution in [2.45, 2.75) is 38.5 Å². The van der Waals surface area contributed by atoms with E-state index in [2.05, 4.69) is 29.2 Å². The third-order valence-corrected chi connectivity index (χ3v) is 3.54. The molecule has 1 N–H and O–H groups in total. The Morgan fingerprint density at radius 3 is 2.22 bits per heavy atom. The molecule has 0 aliphatic carbocycles. The molecule has 3 nitrogen and oxygen atoms in total. The second-order valence-electron chi connectivity index (χ2n) is 4.96. The number of rotatable bonds is 4. The molecule has 0 unspecified atom stereocenters. The summed E-state index contributed by atoms with van der Waals surface area (Å²) >= 11 is 0. The summed E-state index contributed by atoms with van der Waals surface area (Å²) < 4.78 is 0. The Kier molecular flexibility index (Phi) is 4.62. The van der Waals surface area contributed by atoms with Crippen molar-refractivity contribution < 1.29 is 9.90 Å². The largest absolute Gasteiger partial charge is 0.481 e. The standard InChI is InChI=1S/C15H21NO2/c17-15(18)10-7-13-5-8-14(9-6-13)16-11-3-1-2-4-12-16/h5-6,8-9H,1-4,7,10-12H2,(H,17,18). The summed E-state index contributed by atoms with van der Waals surface area (Å²) in [6, 6.07) is 8.37. The van der Waals surface area contributed by atoms with E-state index in [9.17, 15) is 4.79 Å². The summed E-state index contributed by atoms with van der Waals surface area (Å²) in [4.78, 5) is 13.0. The Morgan fingerprint density at radius 1 is 1.06 bits per heavy atom. The maximum absolute atomic E-state index is 10.5. The zero-order valence-corrected chi connectivity index (χ0v) is 10.8. The monoisotopic (exact) mass is 247 g/mol. The minimum Gasteiger partial charge on any atom is -0.481 e. The van der Waals surface area contributed by atoms with Crippen LogP contribution in [0.25, 0.3) is 0 Å². The van der Waals surface area contributed by atoms with Crippen molar-refractivity contribution in [2.24, 2.45) is 0 Å². The summed E-state index contributed by atoms with van der Waals surface area (Å²) in [6.45, 7) is 2.29. The van der Waals surface area contributed by atoms with Gasteiger partial charge < -0.3 is 10.0 Å². The average molecular weight is 247 g/mol. The normalized spacial score (nSPS) is 16.3. The maximum Gasteiger partial charge on any atom is 0.303 e. The molecule has 1 aromatic carbocycles. The Hall–Kier alpha value is -1.51. The summed E-state index contributed by atoms with van der Waals surface area (Å²) in [6.07, 6.45) is 6.07. The molecule has 0 atom stereocenters. The molecule has 0 spiro atoms. The molecule has 1 aliphatic heterocycles. The minimum atomic E-state index is -0.730. The zero-order chi connectivity index (χ0) is 12.8. The highest BCUT2D eigenvalue weighted by Gasteiger charge is 2.09. The van der Waals surface area contributed by atoms with Crippen molar-refractivity contribution in [3.8, 4) is 0 Å². The van der Waals surface area contributed by atoms with Crippen molar-refractivity contribution in [2.75, 3.05) is 18.0 Å². The molecule has 1 aromatic rings. The van der Waals surface area contributed by atoms with Gasteiger partial charge in [0.25, 0.3) is 0 Å². The van der Waals surface area contributed by atoms with Crippen LogP contribution in [-0.2, 0) is 11.2 Å². The van der Waals surface area contributed by atoms with E-state index in [1.807, 2.05) is 0 Å². The number of hydrogen-bond acceptors (Lipinski definition) is 2. The Morgan fingerprint density at radius 2 is 1.67 bits per heavy atom. The number of carboxylic acid groups (broad SMARTS) is 1. The number of hydrogen-bond donors (Lipinski definition) is 1. The fraction of sp³-hybridized carbons (Fsp3) is 0.533. The molecular weight excluding hydrogens is 226 g/mol. The maximum atomic E-state index is 10.5. The molecule has 1 heterocycles. The van der Waals surface area contributed by atoms with Crippen LogP contribution in [0.4, 0.5) is 5.69 Å². The van der Waals surface area contributed by atoms with Gasteiger partial charge in [-0.1, -0.05) is 25.0 Å². The van der Waals surface area contributed by atoms with Crippen LogP contribution >= 0.6 is 0 Å². The lowest BCUT2D eigenvalue weighted by Crippen LogP contribution is -2.23. The van der Waals surface area contributed by atoms with E-state index in [0.717, 1.165) is 18.7 Å². The fourth-order valence-electron chi connectivity index (χ4n) is 2.45. The lowest BCUT2D eigenvalue weighted by atomic mass is 10.1. The van der Waals surface area contributed by atoms with Crippen molar-refractivity contribution in [1.29, 1.82) is 0 Å². The predicted molar refractivity (Wildman–Crippen MR) is 73.1 cm³/mol. The number of nitrogens with zero attached hydrogens (tertiary/aromatic N) is 1. The Bertz CT molecular complexity index is 378. The van der Waals surface area contributed by atoms with E-state index >= 15 is 0 Å². The van der Waals surface area contributed by atoms with Crippen molar-refractivity contribution in [3.05, 3.63) is 29.8 Å². The fourth-order valence-corrected chi connectivity index (χ4v) is 2.45. The third-order valence-electron chi connectivity index (χ3n) is 3.54. The van der Waals surface area contributed by atoms with Crippen LogP contribution in [0.1, 0.15) is 37.7 Å². The van der Waals surface area contributed by atoms with Crippen molar-refractivity contribution in [1.82, 2.24) is 0 Å². The van der Waals surface area contributed by atoms with Crippen LogP contribution in [-0.4, -0.2) is 24.2 Å². The first-order valence-corrected chi connectivity index (χ1v) is 6.81. The van der Waals surface area contributed by atoms with Gasteiger partial charge in [0.15, 0.2) is 0 Å². The smallest absolute Gasteiger partial charge is 0.303 e. The van der Waals surface area contributed by atoms with Crippen LogP contribution in [0.5, 0.6) is 0 Å². The van der Waals surface area contributed by atoms with Gasteiger partial charge in [-0.15, -0.1) is 0 Å². The number of carboxylic acids is 1. The van der Waals surface area contributed by atoms with Gasteiger partial charge in [-0.25, -0.2) is 0 Å². The van der Waals surface area contributed by atoms with Gasteiger partial charge in [0.1, 0.15) is 0 Å². The molecule has 1 fully saturated rings. The highest BCUT2D eigenvalue weighted by molar-refractivity contribution is 5.67. The minimum absolute atomic E-state index is 0.211. The highest BCUT2D eigenvalue weighted by Crippen LogP contribution is 2.20. The summed E-state index contributed by atoms with van der Waals surface area (Å²) in [5.74, 6) is -0.730. The number of benzene rings is 1. The number of aliphatic carboxylic acids is 1. The molecule has 98 valence electrons. The van der Waals surface area contributed by atoms with E-state index in [1.165, 1.54) is 31.4 Å². The molecule has 0 amide bonds. The first kappa shape index (κ1) is 12.9. The second-order valence-corrected chi connectivity index (χ2v) is 4.96. The quantitative estimate of drug-likeness (QED) is 0.888. The molecule has 18 heavy (non-hydrogen) atoms.